The van der Waals surface area contributed by atoms with Crippen LogP contribution in [0.5, 0.6) is 0 Å². The van der Waals surface area contributed by atoms with Crippen LogP contribution >= 0.6 is 27.3 Å². The minimum Gasteiger partial charge on any atom is -0.388 e. The maximum Gasteiger partial charge on any atom is 0.0853 e. The SMILES string of the molecule is OC(Cc1ccc(Br)s1)c1cccnc1. The predicted octanol–water partition coefficient (Wildman–Crippen LogP) is 3.18. The molecule has 1 atom stereocenters. The standard InChI is InChI=1S/C11H10BrNOS/c12-11-4-3-9(15-11)6-10(14)8-2-1-5-13-7-8/h1-5,7,10,14H,6H2. The van der Waals surface area contributed by atoms with E-state index >= 15 is 0 Å². The van der Waals surface area contributed by atoms with E-state index in [0.717, 1.165) is 9.35 Å². The largest absolute Gasteiger partial charge is 0.388 e. The van der Waals surface area contributed by atoms with Crippen molar-refractivity contribution in [2.24, 2.45) is 0 Å². The van der Waals surface area contributed by atoms with Crippen molar-refractivity contribution in [2.45, 2.75) is 12.5 Å². The van der Waals surface area contributed by atoms with E-state index in [1.807, 2.05) is 24.3 Å². The number of aromatic nitrogens is 1. The normalized spacial score (nSPS) is 12.7. The van der Waals surface area contributed by atoms with Gasteiger partial charge in [-0.2, -0.15) is 0 Å². The first-order chi connectivity index (χ1) is 7.25. The predicted molar refractivity (Wildman–Crippen MR) is 64.9 cm³/mol. The number of rotatable bonds is 3. The second kappa shape index (κ2) is 4.88. The Morgan fingerprint density at radius 3 is 2.87 bits per heavy atom. The molecule has 0 saturated carbocycles. The minimum atomic E-state index is -0.468. The Morgan fingerprint density at radius 1 is 1.40 bits per heavy atom. The molecule has 1 unspecified atom stereocenters. The summed E-state index contributed by atoms with van der Waals surface area (Å²) in [5.41, 5.74) is 0.863. The number of hydrogen-bond donors (Lipinski definition) is 1. The molecular formula is C11H10BrNOS. The molecule has 0 bridgehead atoms. The van der Waals surface area contributed by atoms with Gasteiger partial charge in [-0.25, -0.2) is 0 Å². The maximum atomic E-state index is 9.93. The van der Waals surface area contributed by atoms with Crippen LogP contribution in [0.3, 0.4) is 0 Å². The highest BCUT2D eigenvalue weighted by Gasteiger charge is 2.09. The Bertz CT molecular complexity index is 429. The van der Waals surface area contributed by atoms with Crippen LogP contribution in [0.25, 0.3) is 0 Å². The molecule has 2 aromatic rings. The molecule has 0 spiro atoms. The first kappa shape index (κ1) is 10.8. The van der Waals surface area contributed by atoms with Crippen LogP contribution in [-0.4, -0.2) is 10.1 Å². The highest BCUT2D eigenvalue weighted by atomic mass is 79.9. The van der Waals surface area contributed by atoms with E-state index in [-0.39, 0.29) is 0 Å². The summed E-state index contributed by atoms with van der Waals surface area (Å²) in [4.78, 5) is 5.15. The third-order valence-electron chi connectivity index (χ3n) is 2.09. The molecule has 0 amide bonds. The van der Waals surface area contributed by atoms with Gasteiger partial charge in [0.2, 0.25) is 0 Å². The highest BCUT2D eigenvalue weighted by Crippen LogP contribution is 2.26. The Labute approximate surface area is 101 Å². The van der Waals surface area contributed by atoms with Gasteiger partial charge in [0.05, 0.1) is 9.89 Å². The Kier molecular flexibility index (Phi) is 3.51. The van der Waals surface area contributed by atoms with Crippen LogP contribution in [0.2, 0.25) is 0 Å². The summed E-state index contributed by atoms with van der Waals surface area (Å²) in [5.74, 6) is 0. The van der Waals surface area contributed by atoms with Gasteiger partial charge in [0, 0.05) is 23.7 Å². The molecule has 1 N–H and O–H groups in total. The molecule has 2 heterocycles. The fraction of sp³-hybridized carbons (Fsp3) is 0.182. The molecule has 2 nitrogen and oxygen atoms in total. The number of thiophene rings is 1. The quantitative estimate of drug-likeness (QED) is 0.939. The number of nitrogens with zero attached hydrogens (tertiary/aromatic N) is 1. The number of halogens is 1. The lowest BCUT2D eigenvalue weighted by Crippen LogP contribution is -2.00. The van der Waals surface area contributed by atoms with E-state index in [2.05, 4.69) is 20.9 Å². The summed E-state index contributed by atoms with van der Waals surface area (Å²) in [6.45, 7) is 0. The topological polar surface area (TPSA) is 33.1 Å². The van der Waals surface area contributed by atoms with Crippen LogP contribution in [0.4, 0.5) is 0 Å². The lowest BCUT2D eigenvalue weighted by molar-refractivity contribution is 0.179. The number of aliphatic hydroxyl groups is 1. The summed E-state index contributed by atoms with van der Waals surface area (Å²) >= 11 is 5.05. The lowest BCUT2D eigenvalue weighted by atomic mass is 10.1. The summed E-state index contributed by atoms with van der Waals surface area (Å²) in [7, 11) is 0. The van der Waals surface area contributed by atoms with Gasteiger partial charge in [0.1, 0.15) is 0 Å². The molecule has 0 fully saturated rings. The van der Waals surface area contributed by atoms with Crippen LogP contribution in [0.1, 0.15) is 16.5 Å². The van der Waals surface area contributed by atoms with E-state index in [1.165, 1.54) is 4.88 Å². The van der Waals surface area contributed by atoms with E-state index in [1.54, 1.807) is 23.7 Å². The second-order valence-electron chi connectivity index (χ2n) is 3.21. The zero-order valence-electron chi connectivity index (χ0n) is 7.93. The van der Waals surface area contributed by atoms with Crippen molar-refractivity contribution in [3.63, 3.8) is 0 Å². The van der Waals surface area contributed by atoms with E-state index in [9.17, 15) is 5.11 Å². The van der Waals surface area contributed by atoms with Crippen molar-refractivity contribution in [1.82, 2.24) is 4.98 Å². The molecule has 78 valence electrons. The lowest BCUT2D eigenvalue weighted by Gasteiger charge is -2.08. The smallest absolute Gasteiger partial charge is 0.0853 e. The molecular weight excluding hydrogens is 274 g/mol. The molecule has 0 aromatic carbocycles. The molecule has 0 saturated heterocycles. The molecule has 2 rings (SSSR count). The fourth-order valence-electron chi connectivity index (χ4n) is 1.34. The van der Waals surface area contributed by atoms with Crippen molar-refractivity contribution >= 4 is 27.3 Å². The van der Waals surface area contributed by atoms with E-state index in [0.29, 0.717) is 6.42 Å². The number of pyridine rings is 1. The Balaban J connectivity index is 2.07. The average molecular weight is 284 g/mol. The molecule has 0 aliphatic heterocycles. The van der Waals surface area contributed by atoms with Gasteiger partial charge < -0.3 is 5.11 Å². The van der Waals surface area contributed by atoms with Crippen molar-refractivity contribution in [1.29, 1.82) is 0 Å². The molecule has 0 radical (unpaired) electrons. The Morgan fingerprint density at radius 2 is 2.27 bits per heavy atom. The molecule has 2 aromatic heterocycles. The monoisotopic (exact) mass is 283 g/mol. The zero-order chi connectivity index (χ0) is 10.7. The minimum absolute atomic E-state index is 0.468. The van der Waals surface area contributed by atoms with E-state index < -0.39 is 6.10 Å². The van der Waals surface area contributed by atoms with Gasteiger partial charge in [-0.05, 0) is 39.7 Å². The Hall–Kier alpha value is -0.710. The van der Waals surface area contributed by atoms with Crippen molar-refractivity contribution in [2.75, 3.05) is 0 Å². The summed E-state index contributed by atoms with van der Waals surface area (Å²) in [6, 6.07) is 7.74. The molecule has 15 heavy (non-hydrogen) atoms. The first-order valence-electron chi connectivity index (χ1n) is 4.58. The molecule has 0 aliphatic rings. The summed E-state index contributed by atoms with van der Waals surface area (Å²) in [5, 5.41) is 9.93. The first-order valence-corrected chi connectivity index (χ1v) is 6.19. The van der Waals surface area contributed by atoms with Gasteiger partial charge >= 0.3 is 0 Å². The fourth-order valence-corrected chi connectivity index (χ4v) is 2.86. The number of aliphatic hydroxyl groups excluding tert-OH is 1. The third kappa shape index (κ3) is 2.87. The number of hydrogen-bond acceptors (Lipinski definition) is 3. The summed E-state index contributed by atoms with van der Waals surface area (Å²) < 4.78 is 1.09. The van der Waals surface area contributed by atoms with Crippen molar-refractivity contribution in [3.8, 4) is 0 Å². The second-order valence-corrected chi connectivity index (χ2v) is 5.76. The molecule has 0 aliphatic carbocycles. The zero-order valence-corrected chi connectivity index (χ0v) is 10.3. The van der Waals surface area contributed by atoms with Crippen LogP contribution in [0.15, 0.2) is 40.4 Å². The van der Waals surface area contributed by atoms with Crippen molar-refractivity contribution < 1.29 is 5.11 Å². The van der Waals surface area contributed by atoms with Gasteiger partial charge in [-0.1, -0.05) is 6.07 Å². The average Bonchev–Trinajstić information content (AvgIpc) is 2.65. The van der Waals surface area contributed by atoms with E-state index in [4.69, 9.17) is 0 Å². The van der Waals surface area contributed by atoms with Crippen LogP contribution in [0, 0.1) is 0 Å². The van der Waals surface area contributed by atoms with Gasteiger partial charge in [0.25, 0.3) is 0 Å². The van der Waals surface area contributed by atoms with Crippen LogP contribution < -0.4 is 0 Å². The summed E-state index contributed by atoms with van der Waals surface area (Å²) in [6.07, 6.45) is 3.58. The highest BCUT2D eigenvalue weighted by molar-refractivity contribution is 9.11. The third-order valence-corrected chi connectivity index (χ3v) is 3.74. The maximum absolute atomic E-state index is 9.93. The molecule has 4 heteroatoms. The van der Waals surface area contributed by atoms with Gasteiger partial charge in [-0.3, -0.25) is 4.98 Å². The van der Waals surface area contributed by atoms with Gasteiger partial charge in [0.15, 0.2) is 0 Å². The van der Waals surface area contributed by atoms with Gasteiger partial charge in [-0.15, -0.1) is 11.3 Å². The van der Waals surface area contributed by atoms with Crippen molar-refractivity contribution in [3.05, 3.63) is 50.9 Å². The van der Waals surface area contributed by atoms with Crippen LogP contribution in [-0.2, 0) is 6.42 Å².